The normalized spacial score (nSPS) is 11.9. The average molecular weight is 251 g/mol. The van der Waals surface area contributed by atoms with E-state index in [9.17, 15) is 0 Å². The fourth-order valence-corrected chi connectivity index (χ4v) is 2.10. The van der Waals surface area contributed by atoms with Crippen LogP contribution in [0.25, 0.3) is 22.6 Å². The Kier molecular flexibility index (Phi) is 2.63. The second-order valence-corrected chi connectivity index (χ2v) is 5.78. The van der Waals surface area contributed by atoms with E-state index in [4.69, 9.17) is 0 Å². The van der Waals surface area contributed by atoms with Crippen molar-refractivity contribution in [2.24, 2.45) is 0 Å². The summed E-state index contributed by atoms with van der Waals surface area (Å²) in [6.07, 6.45) is 1.78. The van der Waals surface area contributed by atoms with Crippen molar-refractivity contribution in [3.63, 3.8) is 0 Å². The molecule has 0 unspecified atom stereocenters. The van der Waals surface area contributed by atoms with E-state index in [0.717, 1.165) is 22.6 Å². The highest BCUT2D eigenvalue weighted by Gasteiger charge is 2.15. The summed E-state index contributed by atoms with van der Waals surface area (Å²) in [7, 11) is 0. The Labute approximate surface area is 112 Å². The number of nitrogens with one attached hydrogen (secondary N) is 1. The molecule has 3 heteroatoms. The number of imidazole rings is 1. The van der Waals surface area contributed by atoms with E-state index in [1.165, 1.54) is 5.56 Å². The van der Waals surface area contributed by atoms with Gasteiger partial charge in [0.05, 0.1) is 11.0 Å². The van der Waals surface area contributed by atoms with Gasteiger partial charge in [0, 0.05) is 6.20 Å². The predicted octanol–water partition coefficient (Wildman–Crippen LogP) is 3.92. The SMILES string of the molecule is CC(C)(C)c1ccc2[nH]c(-c3ccccn3)nc2c1. The maximum atomic E-state index is 4.64. The predicted molar refractivity (Wildman–Crippen MR) is 78.0 cm³/mol. The zero-order valence-corrected chi connectivity index (χ0v) is 11.4. The molecule has 0 saturated heterocycles. The van der Waals surface area contributed by atoms with E-state index in [1.807, 2.05) is 18.2 Å². The van der Waals surface area contributed by atoms with Gasteiger partial charge >= 0.3 is 0 Å². The number of hydrogen-bond acceptors (Lipinski definition) is 2. The fourth-order valence-electron chi connectivity index (χ4n) is 2.10. The van der Waals surface area contributed by atoms with Crippen LogP contribution >= 0.6 is 0 Å². The second-order valence-electron chi connectivity index (χ2n) is 5.78. The fraction of sp³-hybridized carbons (Fsp3) is 0.250. The van der Waals surface area contributed by atoms with E-state index in [2.05, 4.69) is 53.9 Å². The quantitative estimate of drug-likeness (QED) is 0.712. The van der Waals surface area contributed by atoms with Crippen molar-refractivity contribution < 1.29 is 0 Å². The lowest BCUT2D eigenvalue weighted by Gasteiger charge is -2.18. The Morgan fingerprint density at radius 1 is 1.05 bits per heavy atom. The molecule has 0 radical (unpaired) electrons. The average Bonchev–Trinajstić information content (AvgIpc) is 2.81. The number of pyridine rings is 1. The molecule has 2 aromatic heterocycles. The Bertz CT molecular complexity index is 706. The number of hydrogen-bond donors (Lipinski definition) is 1. The molecule has 2 heterocycles. The molecule has 0 fully saturated rings. The Hall–Kier alpha value is -2.16. The van der Waals surface area contributed by atoms with Crippen molar-refractivity contribution in [2.45, 2.75) is 26.2 Å². The molecule has 0 atom stereocenters. The number of nitrogens with zero attached hydrogens (tertiary/aromatic N) is 2. The summed E-state index contributed by atoms with van der Waals surface area (Å²) in [6.45, 7) is 6.63. The van der Waals surface area contributed by atoms with Crippen molar-refractivity contribution >= 4 is 11.0 Å². The highest BCUT2D eigenvalue weighted by atomic mass is 14.9. The molecule has 3 rings (SSSR count). The molecule has 0 aliphatic carbocycles. The number of aromatic nitrogens is 3. The van der Waals surface area contributed by atoms with Gasteiger partial charge < -0.3 is 4.98 Å². The molecule has 3 nitrogen and oxygen atoms in total. The van der Waals surface area contributed by atoms with E-state index in [0.29, 0.717) is 0 Å². The van der Waals surface area contributed by atoms with Gasteiger partial charge in [0.25, 0.3) is 0 Å². The second kappa shape index (κ2) is 4.19. The third kappa shape index (κ3) is 2.24. The minimum atomic E-state index is 0.137. The molecular weight excluding hydrogens is 234 g/mol. The Balaban J connectivity index is 2.12. The van der Waals surface area contributed by atoms with Gasteiger partial charge in [-0.05, 0) is 35.2 Å². The summed E-state index contributed by atoms with van der Waals surface area (Å²) >= 11 is 0. The van der Waals surface area contributed by atoms with Gasteiger partial charge in [-0.15, -0.1) is 0 Å². The molecule has 1 aromatic carbocycles. The first-order valence-electron chi connectivity index (χ1n) is 6.46. The Morgan fingerprint density at radius 3 is 2.58 bits per heavy atom. The summed E-state index contributed by atoms with van der Waals surface area (Å²) in [5, 5.41) is 0. The molecule has 0 bridgehead atoms. The van der Waals surface area contributed by atoms with Crippen LogP contribution < -0.4 is 0 Å². The van der Waals surface area contributed by atoms with Gasteiger partial charge in [-0.2, -0.15) is 0 Å². The largest absolute Gasteiger partial charge is 0.337 e. The Morgan fingerprint density at radius 2 is 1.89 bits per heavy atom. The van der Waals surface area contributed by atoms with Crippen LogP contribution in [-0.4, -0.2) is 15.0 Å². The van der Waals surface area contributed by atoms with Gasteiger partial charge in [-0.1, -0.05) is 32.9 Å². The lowest BCUT2D eigenvalue weighted by Crippen LogP contribution is -2.10. The topological polar surface area (TPSA) is 41.6 Å². The van der Waals surface area contributed by atoms with Crippen LogP contribution in [0.1, 0.15) is 26.3 Å². The number of fused-ring (bicyclic) bond motifs is 1. The number of benzene rings is 1. The molecule has 19 heavy (non-hydrogen) atoms. The van der Waals surface area contributed by atoms with Crippen molar-refractivity contribution in [3.05, 3.63) is 48.2 Å². The zero-order valence-electron chi connectivity index (χ0n) is 11.4. The third-order valence-corrected chi connectivity index (χ3v) is 3.26. The zero-order chi connectivity index (χ0) is 13.5. The van der Waals surface area contributed by atoms with Crippen LogP contribution in [0.3, 0.4) is 0 Å². The van der Waals surface area contributed by atoms with E-state index < -0.39 is 0 Å². The first-order valence-corrected chi connectivity index (χ1v) is 6.46. The number of aromatic amines is 1. The van der Waals surface area contributed by atoms with Crippen molar-refractivity contribution in [1.82, 2.24) is 15.0 Å². The van der Waals surface area contributed by atoms with Gasteiger partial charge in [0.15, 0.2) is 5.82 Å². The maximum Gasteiger partial charge on any atom is 0.157 e. The molecular formula is C16H17N3. The van der Waals surface area contributed by atoms with Crippen molar-refractivity contribution in [3.8, 4) is 11.5 Å². The first-order chi connectivity index (χ1) is 9.04. The summed E-state index contributed by atoms with van der Waals surface area (Å²) in [5.74, 6) is 0.821. The van der Waals surface area contributed by atoms with Crippen LogP contribution in [-0.2, 0) is 5.41 Å². The lowest BCUT2D eigenvalue weighted by molar-refractivity contribution is 0.591. The maximum absolute atomic E-state index is 4.64. The van der Waals surface area contributed by atoms with Crippen molar-refractivity contribution in [2.75, 3.05) is 0 Å². The molecule has 0 amide bonds. The number of rotatable bonds is 1. The van der Waals surface area contributed by atoms with Crippen LogP contribution in [0.4, 0.5) is 0 Å². The summed E-state index contributed by atoms with van der Waals surface area (Å²) in [5.41, 5.74) is 4.34. The van der Waals surface area contributed by atoms with Crippen molar-refractivity contribution in [1.29, 1.82) is 0 Å². The minimum absolute atomic E-state index is 0.137. The van der Waals surface area contributed by atoms with Gasteiger partial charge in [0.2, 0.25) is 0 Å². The standard InChI is InChI=1S/C16H17N3/c1-16(2,3)11-7-8-12-14(10-11)19-15(18-12)13-6-4-5-9-17-13/h4-10H,1-3H3,(H,18,19). The first kappa shape index (κ1) is 11.9. The summed E-state index contributed by atoms with van der Waals surface area (Å²) in [6, 6.07) is 12.2. The smallest absolute Gasteiger partial charge is 0.157 e. The van der Waals surface area contributed by atoms with Crippen LogP contribution in [0.5, 0.6) is 0 Å². The number of H-pyrrole nitrogens is 1. The summed E-state index contributed by atoms with van der Waals surface area (Å²) in [4.78, 5) is 12.3. The van der Waals surface area contributed by atoms with Crippen LogP contribution in [0.2, 0.25) is 0 Å². The molecule has 0 saturated carbocycles. The van der Waals surface area contributed by atoms with E-state index in [-0.39, 0.29) is 5.41 Å². The van der Waals surface area contributed by atoms with Gasteiger partial charge in [0.1, 0.15) is 5.69 Å². The van der Waals surface area contributed by atoms with E-state index >= 15 is 0 Å². The molecule has 3 aromatic rings. The minimum Gasteiger partial charge on any atom is -0.337 e. The van der Waals surface area contributed by atoms with Gasteiger partial charge in [-0.3, -0.25) is 4.98 Å². The van der Waals surface area contributed by atoms with E-state index in [1.54, 1.807) is 6.20 Å². The molecule has 0 aliphatic rings. The van der Waals surface area contributed by atoms with Crippen LogP contribution in [0, 0.1) is 0 Å². The highest BCUT2D eigenvalue weighted by Crippen LogP contribution is 2.26. The summed E-state index contributed by atoms with van der Waals surface area (Å²) < 4.78 is 0. The van der Waals surface area contributed by atoms with Gasteiger partial charge in [-0.25, -0.2) is 4.98 Å². The highest BCUT2D eigenvalue weighted by molar-refractivity contribution is 5.79. The molecule has 96 valence electrons. The van der Waals surface area contributed by atoms with Crippen LogP contribution in [0.15, 0.2) is 42.6 Å². The molecule has 1 N–H and O–H groups in total. The molecule has 0 spiro atoms. The monoisotopic (exact) mass is 251 g/mol. The molecule has 0 aliphatic heterocycles. The lowest BCUT2D eigenvalue weighted by atomic mass is 9.87. The third-order valence-electron chi connectivity index (χ3n) is 3.26.